The number of hydrogen-bond donors (Lipinski definition) is 1. The van der Waals surface area contributed by atoms with Crippen LogP contribution in [-0.2, 0) is 16.1 Å². The number of methoxy groups -OCH3 is 1. The molecule has 5 aliphatic rings. The van der Waals surface area contributed by atoms with E-state index in [-0.39, 0.29) is 35.7 Å². The molecule has 2 aromatic carbocycles. The Balaban J connectivity index is 1.09. The number of benzene rings is 2. The Bertz CT molecular complexity index is 1380. The summed E-state index contributed by atoms with van der Waals surface area (Å²) in [7, 11) is 1.52. The van der Waals surface area contributed by atoms with Crippen LogP contribution in [0.1, 0.15) is 49.7 Å². The van der Waals surface area contributed by atoms with E-state index in [1.54, 1.807) is 42.5 Å². The van der Waals surface area contributed by atoms with Crippen molar-refractivity contribution >= 4 is 58.1 Å². The molecule has 1 aliphatic heterocycles. The second-order valence-corrected chi connectivity index (χ2v) is 13.3. The fourth-order valence-electron chi connectivity index (χ4n) is 7.24. The summed E-state index contributed by atoms with van der Waals surface area (Å²) in [6, 6.07) is 10.2. The molecule has 4 saturated carbocycles. The van der Waals surface area contributed by atoms with Crippen LogP contribution in [0.4, 0.5) is 4.79 Å². The van der Waals surface area contributed by atoms with Crippen LogP contribution in [0.3, 0.4) is 0 Å². The van der Waals surface area contributed by atoms with E-state index >= 15 is 0 Å². The number of nitrogens with zero attached hydrogens (tertiary/aromatic N) is 1. The smallest absolute Gasteiger partial charge is 0.293 e. The van der Waals surface area contributed by atoms with E-state index in [0.717, 1.165) is 48.8 Å². The molecule has 7 rings (SSSR count). The first-order valence-corrected chi connectivity index (χ1v) is 15.1. The Morgan fingerprint density at radius 2 is 1.73 bits per heavy atom. The third-order valence-corrected chi connectivity index (χ3v) is 10.1. The molecule has 4 aliphatic carbocycles. The lowest BCUT2D eigenvalue weighted by atomic mass is 9.53. The first-order chi connectivity index (χ1) is 19.2. The van der Waals surface area contributed by atoms with Gasteiger partial charge in [-0.25, -0.2) is 0 Å². The number of imide groups is 1. The number of amides is 3. The van der Waals surface area contributed by atoms with Crippen LogP contribution >= 0.6 is 35.0 Å². The van der Waals surface area contributed by atoms with Crippen LogP contribution < -0.4 is 14.8 Å². The minimum absolute atomic E-state index is 0.0635. The number of carbonyl (C=O) groups is 3. The number of thioether (sulfide) groups is 1. The van der Waals surface area contributed by atoms with Gasteiger partial charge in [-0.1, -0.05) is 35.3 Å². The number of nitrogens with one attached hydrogen (secondary N) is 1. The van der Waals surface area contributed by atoms with Crippen molar-refractivity contribution in [2.45, 2.75) is 50.6 Å². The van der Waals surface area contributed by atoms with Gasteiger partial charge in [-0.2, -0.15) is 0 Å². The van der Waals surface area contributed by atoms with Crippen LogP contribution in [-0.4, -0.2) is 41.2 Å². The van der Waals surface area contributed by atoms with Crippen molar-refractivity contribution in [3.8, 4) is 11.5 Å². The van der Waals surface area contributed by atoms with Crippen molar-refractivity contribution < 1.29 is 23.9 Å². The maximum atomic E-state index is 13.0. The highest BCUT2D eigenvalue weighted by molar-refractivity contribution is 8.18. The molecule has 0 atom stereocenters. The summed E-state index contributed by atoms with van der Waals surface area (Å²) in [4.78, 5) is 39.9. The standard InChI is InChI=1S/C30H30Cl2N2O5S/c1-38-25-10-17(11-26-28(36)34(29(37)40-26)15-18-2-4-22(31)23(32)9-18)3-5-24(25)39-16-27(35)33-30-12-19-6-20(13-30)8-21(7-19)14-30/h2-5,9-11,19-21H,6-8,12-16H2,1H3,(H,33,35)/b26-11-. The monoisotopic (exact) mass is 600 g/mol. The highest BCUT2D eigenvalue weighted by Gasteiger charge is 2.51. The molecule has 10 heteroatoms. The molecule has 3 amide bonds. The van der Waals surface area contributed by atoms with Crippen LogP contribution in [0, 0.1) is 17.8 Å². The van der Waals surface area contributed by atoms with Gasteiger partial charge in [0.05, 0.1) is 28.6 Å². The molecule has 7 nitrogen and oxygen atoms in total. The molecule has 4 bridgehead atoms. The summed E-state index contributed by atoms with van der Waals surface area (Å²) in [5.74, 6) is 2.62. The summed E-state index contributed by atoms with van der Waals surface area (Å²) in [5, 5.41) is 3.73. The summed E-state index contributed by atoms with van der Waals surface area (Å²) < 4.78 is 11.4. The average Bonchev–Trinajstić information content (AvgIpc) is 3.16. The molecule has 1 heterocycles. The van der Waals surface area contributed by atoms with Crippen molar-refractivity contribution in [1.82, 2.24) is 10.2 Å². The highest BCUT2D eigenvalue weighted by Crippen LogP contribution is 2.55. The van der Waals surface area contributed by atoms with Gasteiger partial charge in [0, 0.05) is 5.54 Å². The lowest BCUT2D eigenvalue weighted by Gasteiger charge is -2.56. The Labute approximate surface area is 247 Å². The predicted molar refractivity (Wildman–Crippen MR) is 156 cm³/mol. The number of halogens is 2. The van der Waals surface area contributed by atoms with Crippen molar-refractivity contribution in [2.24, 2.45) is 17.8 Å². The number of rotatable bonds is 8. The third kappa shape index (κ3) is 5.58. The molecule has 40 heavy (non-hydrogen) atoms. The van der Waals surface area contributed by atoms with Gasteiger partial charge in [-0.15, -0.1) is 0 Å². The van der Waals surface area contributed by atoms with E-state index in [0.29, 0.717) is 37.6 Å². The fraction of sp³-hybridized carbons (Fsp3) is 0.433. The van der Waals surface area contributed by atoms with E-state index < -0.39 is 0 Å². The Kier molecular flexibility index (Phi) is 7.53. The molecule has 0 radical (unpaired) electrons. The molecule has 1 N–H and O–H groups in total. The lowest BCUT2D eigenvalue weighted by Crippen LogP contribution is -2.60. The molecule has 2 aromatic rings. The normalized spacial score (nSPS) is 27.9. The van der Waals surface area contributed by atoms with E-state index in [1.807, 2.05) is 0 Å². The Morgan fingerprint density at radius 1 is 1.02 bits per heavy atom. The van der Waals surface area contributed by atoms with Crippen LogP contribution in [0.5, 0.6) is 11.5 Å². The molecule has 5 fully saturated rings. The predicted octanol–water partition coefficient (Wildman–Crippen LogP) is 6.70. The molecule has 1 saturated heterocycles. The van der Waals surface area contributed by atoms with E-state index in [9.17, 15) is 14.4 Å². The Morgan fingerprint density at radius 3 is 2.38 bits per heavy atom. The molecule has 0 unspecified atom stereocenters. The van der Waals surface area contributed by atoms with Gasteiger partial charge in [-0.05, 0) is 110 Å². The van der Waals surface area contributed by atoms with Gasteiger partial charge in [-0.3, -0.25) is 19.3 Å². The summed E-state index contributed by atoms with van der Waals surface area (Å²) in [5.41, 5.74) is 1.31. The van der Waals surface area contributed by atoms with Crippen molar-refractivity contribution in [2.75, 3.05) is 13.7 Å². The maximum Gasteiger partial charge on any atom is 0.293 e. The van der Waals surface area contributed by atoms with Crippen molar-refractivity contribution in [3.63, 3.8) is 0 Å². The molecule has 0 spiro atoms. The van der Waals surface area contributed by atoms with Gasteiger partial charge in [0.15, 0.2) is 18.1 Å². The molecular formula is C30H30Cl2N2O5S. The zero-order chi connectivity index (χ0) is 28.0. The zero-order valence-electron chi connectivity index (χ0n) is 22.1. The highest BCUT2D eigenvalue weighted by atomic mass is 35.5. The van der Waals surface area contributed by atoms with Gasteiger partial charge in [0.25, 0.3) is 17.1 Å². The van der Waals surface area contributed by atoms with Gasteiger partial charge < -0.3 is 14.8 Å². The SMILES string of the molecule is COc1cc(/C=C2\SC(=O)N(Cc3ccc(Cl)c(Cl)c3)C2=O)ccc1OCC(=O)NC12CC3CC(CC(C3)C1)C2. The van der Waals surface area contributed by atoms with Crippen molar-refractivity contribution in [3.05, 3.63) is 62.5 Å². The largest absolute Gasteiger partial charge is 0.493 e. The second kappa shape index (κ2) is 11.0. The van der Waals surface area contributed by atoms with E-state index in [4.69, 9.17) is 32.7 Å². The number of carbonyl (C=O) groups excluding carboxylic acids is 3. The molecule has 210 valence electrons. The fourth-order valence-corrected chi connectivity index (χ4v) is 8.40. The van der Waals surface area contributed by atoms with Crippen LogP contribution in [0.2, 0.25) is 10.0 Å². The quantitative estimate of drug-likeness (QED) is 0.339. The van der Waals surface area contributed by atoms with Gasteiger partial charge in [0.1, 0.15) is 0 Å². The third-order valence-electron chi connectivity index (χ3n) is 8.49. The topological polar surface area (TPSA) is 84.9 Å². The van der Waals surface area contributed by atoms with Gasteiger partial charge >= 0.3 is 0 Å². The van der Waals surface area contributed by atoms with E-state index in [1.165, 1.54) is 31.3 Å². The number of hydrogen-bond acceptors (Lipinski definition) is 6. The van der Waals surface area contributed by atoms with Crippen LogP contribution in [0.15, 0.2) is 41.3 Å². The first kappa shape index (κ1) is 27.5. The number of ether oxygens (including phenoxy) is 2. The first-order valence-electron chi connectivity index (χ1n) is 13.5. The van der Waals surface area contributed by atoms with Gasteiger partial charge in [0.2, 0.25) is 0 Å². The average molecular weight is 602 g/mol. The van der Waals surface area contributed by atoms with Crippen molar-refractivity contribution in [1.29, 1.82) is 0 Å². The summed E-state index contributed by atoms with van der Waals surface area (Å²) in [6.45, 7) is 0.00533. The second-order valence-electron chi connectivity index (χ2n) is 11.5. The molecule has 0 aromatic heterocycles. The summed E-state index contributed by atoms with van der Waals surface area (Å²) in [6.07, 6.45) is 8.85. The van der Waals surface area contributed by atoms with Crippen LogP contribution in [0.25, 0.3) is 6.08 Å². The maximum absolute atomic E-state index is 13.0. The summed E-state index contributed by atoms with van der Waals surface area (Å²) >= 11 is 12.9. The minimum atomic E-state index is -0.387. The Hall–Kier alpha value is -2.68. The minimum Gasteiger partial charge on any atom is -0.493 e. The zero-order valence-corrected chi connectivity index (χ0v) is 24.4. The van der Waals surface area contributed by atoms with E-state index in [2.05, 4.69) is 5.32 Å². The molecular weight excluding hydrogens is 571 g/mol. The lowest BCUT2D eigenvalue weighted by molar-refractivity contribution is -0.129.